The highest BCUT2D eigenvalue weighted by Crippen LogP contribution is 2.04. The molecule has 1 aromatic rings. The number of nitrogens with two attached hydrogens (primary N) is 1. The molecule has 0 bridgehead atoms. The van der Waals surface area contributed by atoms with Crippen LogP contribution in [-0.2, 0) is 4.79 Å². The molecule has 2 N–H and O–H groups in total. The van der Waals surface area contributed by atoms with Crippen LogP contribution in [0.5, 0.6) is 0 Å². The molecule has 0 aromatic carbocycles. The fourth-order valence-electron chi connectivity index (χ4n) is 0.811. The quantitative estimate of drug-likeness (QED) is 0.719. The molecular formula is C9H8N3O. The van der Waals surface area contributed by atoms with E-state index in [1.807, 2.05) is 6.07 Å². The average Bonchev–Trinajstić information content (AvgIpc) is 2.15. The second-order valence-electron chi connectivity index (χ2n) is 2.46. The number of rotatable bonds is 3. The van der Waals surface area contributed by atoms with Crippen LogP contribution >= 0.6 is 0 Å². The van der Waals surface area contributed by atoms with Crippen molar-refractivity contribution in [3.63, 3.8) is 0 Å². The van der Waals surface area contributed by atoms with Gasteiger partial charge in [0.2, 0.25) is 5.91 Å². The molecule has 1 amide bonds. The largest absolute Gasteiger partial charge is 0.370 e. The molecule has 1 aromatic heterocycles. The summed E-state index contributed by atoms with van der Waals surface area (Å²) in [4.78, 5) is 14.2. The van der Waals surface area contributed by atoms with Gasteiger partial charge < -0.3 is 5.73 Å². The third-order valence-corrected chi connectivity index (χ3v) is 1.44. The predicted molar refractivity (Wildman–Crippen MR) is 46.2 cm³/mol. The molecule has 0 atom stereocenters. The Bertz CT molecular complexity index is 337. The van der Waals surface area contributed by atoms with E-state index >= 15 is 0 Å². The van der Waals surface area contributed by atoms with Crippen molar-refractivity contribution >= 4 is 5.91 Å². The zero-order valence-corrected chi connectivity index (χ0v) is 6.90. The SMILES string of the molecule is N#Cc1ccc([CH]CC(N)=O)cn1. The maximum absolute atomic E-state index is 10.4. The number of nitrogens with zero attached hydrogens (tertiary/aromatic N) is 2. The first-order valence-electron chi connectivity index (χ1n) is 3.70. The summed E-state index contributed by atoms with van der Waals surface area (Å²) < 4.78 is 0. The van der Waals surface area contributed by atoms with Crippen molar-refractivity contribution < 1.29 is 4.79 Å². The zero-order chi connectivity index (χ0) is 9.68. The summed E-state index contributed by atoms with van der Waals surface area (Å²) in [5, 5.41) is 8.45. The number of amides is 1. The van der Waals surface area contributed by atoms with Crippen LogP contribution in [-0.4, -0.2) is 10.9 Å². The lowest BCUT2D eigenvalue weighted by Gasteiger charge is -1.96. The summed E-state index contributed by atoms with van der Waals surface area (Å²) in [5.74, 6) is -0.385. The van der Waals surface area contributed by atoms with Gasteiger partial charge in [0.1, 0.15) is 11.8 Å². The second-order valence-corrected chi connectivity index (χ2v) is 2.46. The molecule has 4 heteroatoms. The Hall–Kier alpha value is -1.89. The van der Waals surface area contributed by atoms with E-state index in [1.54, 1.807) is 18.6 Å². The summed E-state index contributed by atoms with van der Waals surface area (Å²) in [6, 6.07) is 5.21. The Morgan fingerprint density at radius 1 is 1.69 bits per heavy atom. The minimum absolute atomic E-state index is 0.188. The van der Waals surface area contributed by atoms with Crippen molar-refractivity contribution in [2.24, 2.45) is 5.73 Å². The lowest BCUT2D eigenvalue weighted by atomic mass is 10.1. The fraction of sp³-hybridized carbons (Fsp3) is 0.111. The third-order valence-electron chi connectivity index (χ3n) is 1.44. The van der Waals surface area contributed by atoms with Gasteiger partial charge in [-0.1, -0.05) is 6.07 Å². The molecule has 0 saturated carbocycles. The molecule has 0 aliphatic carbocycles. The van der Waals surface area contributed by atoms with Gasteiger partial charge in [-0.3, -0.25) is 4.79 Å². The lowest BCUT2D eigenvalue weighted by Crippen LogP contribution is -2.10. The smallest absolute Gasteiger partial charge is 0.218 e. The molecule has 4 nitrogen and oxygen atoms in total. The van der Waals surface area contributed by atoms with Gasteiger partial charge in [-0.15, -0.1) is 0 Å². The van der Waals surface area contributed by atoms with Crippen molar-refractivity contribution in [1.29, 1.82) is 5.26 Å². The minimum atomic E-state index is -0.385. The second kappa shape index (κ2) is 4.21. The Morgan fingerprint density at radius 2 is 2.46 bits per heavy atom. The van der Waals surface area contributed by atoms with Crippen molar-refractivity contribution in [2.45, 2.75) is 6.42 Å². The Kier molecular flexibility index (Phi) is 2.98. The molecule has 0 saturated heterocycles. The maximum atomic E-state index is 10.4. The number of primary amides is 1. The molecule has 0 spiro atoms. The molecule has 0 unspecified atom stereocenters. The van der Waals surface area contributed by atoms with E-state index in [-0.39, 0.29) is 12.3 Å². The van der Waals surface area contributed by atoms with E-state index in [1.165, 1.54) is 6.20 Å². The first kappa shape index (κ1) is 9.20. The number of hydrogen-bond acceptors (Lipinski definition) is 3. The highest BCUT2D eigenvalue weighted by Gasteiger charge is 1.98. The lowest BCUT2D eigenvalue weighted by molar-refractivity contribution is -0.117. The summed E-state index contributed by atoms with van der Waals surface area (Å²) in [5.41, 5.74) is 6.10. The van der Waals surface area contributed by atoms with Crippen molar-refractivity contribution in [2.75, 3.05) is 0 Å². The van der Waals surface area contributed by atoms with Gasteiger partial charge in [0.25, 0.3) is 0 Å². The molecule has 13 heavy (non-hydrogen) atoms. The first-order valence-corrected chi connectivity index (χ1v) is 3.70. The molecular weight excluding hydrogens is 166 g/mol. The van der Waals surface area contributed by atoms with E-state index < -0.39 is 0 Å². The average molecular weight is 174 g/mol. The Labute approximate surface area is 76.0 Å². The maximum Gasteiger partial charge on any atom is 0.218 e. The van der Waals surface area contributed by atoms with Crippen LogP contribution in [0, 0.1) is 17.8 Å². The van der Waals surface area contributed by atoms with Crippen molar-refractivity contribution in [3.05, 3.63) is 36.0 Å². The van der Waals surface area contributed by atoms with E-state index in [4.69, 9.17) is 11.0 Å². The summed E-state index contributed by atoms with van der Waals surface area (Å²) >= 11 is 0. The monoisotopic (exact) mass is 174 g/mol. The molecule has 1 radical (unpaired) electrons. The van der Waals surface area contributed by atoms with Crippen molar-refractivity contribution in [1.82, 2.24) is 4.98 Å². The number of hydrogen-bond donors (Lipinski definition) is 1. The Balaban J connectivity index is 2.60. The molecule has 0 aliphatic heterocycles. The number of carbonyl (C=O) groups is 1. The van der Waals surface area contributed by atoms with Crippen LogP contribution in [0.2, 0.25) is 0 Å². The topological polar surface area (TPSA) is 79.8 Å². The Morgan fingerprint density at radius 3 is 2.92 bits per heavy atom. The summed E-state index contributed by atoms with van der Waals surface area (Å²) in [6.07, 6.45) is 3.38. The predicted octanol–water partition coefficient (Wildman–Crippen LogP) is 0.381. The van der Waals surface area contributed by atoms with Crippen LogP contribution < -0.4 is 5.73 Å². The van der Waals surface area contributed by atoms with Crippen LogP contribution in [0.4, 0.5) is 0 Å². The van der Waals surface area contributed by atoms with E-state index in [2.05, 4.69) is 4.98 Å². The standard InChI is InChI=1S/C9H8N3O/c10-5-8-3-1-7(6-12-8)2-4-9(11)13/h1-3,6H,4H2,(H2,11,13). The highest BCUT2D eigenvalue weighted by molar-refractivity contribution is 5.75. The van der Waals surface area contributed by atoms with Gasteiger partial charge in [-0.25, -0.2) is 4.98 Å². The minimum Gasteiger partial charge on any atom is -0.370 e. The summed E-state index contributed by atoms with van der Waals surface area (Å²) in [6.45, 7) is 0. The highest BCUT2D eigenvalue weighted by atomic mass is 16.1. The van der Waals surface area contributed by atoms with Gasteiger partial charge in [-0.2, -0.15) is 5.26 Å². The molecule has 65 valence electrons. The normalized spacial score (nSPS) is 9.15. The zero-order valence-electron chi connectivity index (χ0n) is 6.90. The van der Waals surface area contributed by atoms with Gasteiger partial charge in [-0.05, 0) is 11.6 Å². The summed E-state index contributed by atoms with van der Waals surface area (Å²) in [7, 11) is 0. The van der Waals surface area contributed by atoms with Crippen LogP contribution in [0.25, 0.3) is 0 Å². The van der Waals surface area contributed by atoms with E-state index in [0.29, 0.717) is 5.69 Å². The van der Waals surface area contributed by atoms with Crippen LogP contribution in [0.3, 0.4) is 0 Å². The van der Waals surface area contributed by atoms with Gasteiger partial charge >= 0.3 is 0 Å². The van der Waals surface area contributed by atoms with Crippen LogP contribution in [0.15, 0.2) is 18.3 Å². The molecule has 1 heterocycles. The van der Waals surface area contributed by atoms with Gasteiger partial charge in [0, 0.05) is 19.0 Å². The fourth-order valence-corrected chi connectivity index (χ4v) is 0.811. The van der Waals surface area contributed by atoms with Gasteiger partial charge in [0.05, 0.1) is 0 Å². The first-order chi connectivity index (χ1) is 6.22. The van der Waals surface area contributed by atoms with Crippen molar-refractivity contribution in [3.8, 4) is 6.07 Å². The number of aromatic nitrogens is 1. The van der Waals surface area contributed by atoms with E-state index in [9.17, 15) is 4.79 Å². The molecule has 0 fully saturated rings. The number of nitriles is 1. The molecule has 0 aliphatic rings. The molecule has 1 rings (SSSR count). The third kappa shape index (κ3) is 2.91. The van der Waals surface area contributed by atoms with Gasteiger partial charge in [0.15, 0.2) is 0 Å². The van der Waals surface area contributed by atoms with Crippen LogP contribution in [0.1, 0.15) is 17.7 Å². The van der Waals surface area contributed by atoms with E-state index in [0.717, 1.165) is 5.56 Å². The number of carbonyl (C=O) groups excluding carboxylic acids is 1. The number of pyridine rings is 1.